The number of anilines is 1. The lowest BCUT2D eigenvalue weighted by Crippen LogP contribution is -2.42. The highest BCUT2D eigenvalue weighted by molar-refractivity contribution is 5.32. The molecule has 1 unspecified atom stereocenters. The summed E-state index contributed by atoms with van der Waals surface area (Å²) < 4.78 is 5.41. The van der Waals surface area contributed by atoms with Crippen molar-refractivity contribution in [1.82, 2.24) is 15.5 Å². The van der Waals surface area contributed by atoms with Crippen molar-refractivity contribution in [3.63, 3.8) is 0 Å². The second-order valence-electron chi connectivity index (χ2n) is 4.60. The third kappa shape index (κ3) is 4.23. The summed E-state index contributed by atoms with van der Waals surface area (Å²) in [6, 6.07) is 4.50. The first kappa shape index (κ1) is 13.2. The van der Waals surface area contributed by atoms with Crippen LogP contribution >= 0.6 is 0 Å². The molecule has 2 heterocycles. The van der Waals surface area contributed by atoms with Crippen LogP contribution in [-0.4, -0.2) is 42.5 Å². The highest BCUT2D eigenvalue weighted by Gasteiger charge is 2.11. The molecule has 18 heavy (non-hydrogen) atoms. The van der Waals surface area contributed by atoms with Crippen LogP contribution in [0.25, 0.3) is 0 Å². The van der Waals surface area contributed by atoms with E-state index in [4.69, 9.17) is 4.74 Å². The van der Waals surface area contributed by atoms with E-state index >= 15 is 0 Å². The largest absolute Gasteiger partial charge is 0.379 e. The molecule has 1 aliphatic heterocycles. The second kappa shape index (κ2) is 7.28. The van der Waals surface area contributed by atoms with Gasteiger partial charge >= 0.3 is 0 Å². The lowest BCUT2D eigenvalue weighted by molar-refractivity contribution is 0.0753. The SMILES string of the molecule is CCCc1ccc(NCCC2COCCN2)nn1. The van der Waals surface area contributed by atoms with Crippen LogP contribution in [0.2, 0.25) is 0 Å². The third-order valence-electron chi connectivity index (χ3n) is 3.02. The molecule has 1 fully saturated rings. The van der Waals surface area contributed by atoms with E-state index in [9.17, 15) is 0 Å². The molecule has 5 heteroatoms. The number of ether oxygens (including phenoxy) is 1. The number of morpholine rings is 1. The molecule has 0 aliphatic carbocycles. The van der Waals surface area contributed by atoms with E-state index in [0.29, 0.717) is 6.04 Å². The van der Waals surface area contributed by atoms with Crippen LogP contribution in [0.1, 0.15) is 25.5 Å². The van der Waals surface area contributed by atoms with Gasteiger partial charge in [0.25, 0.3) is 0 Å². The van der Waals surface area contributed by atoms with Crippen LogP contribution in [0.4, 0.5) is 5.82 Å². The molecule has 0 aromatic carbocycles. The van der Waals surface area contributed by atoms with E-state index in [0.717, 1.165) is 57.1 Å². The van der Waals surface area contributed by atoms with Gasteiger partial charge in [0.15, 0.2) is 0 Å². The number of aryl methyl sites for hydroxylation is 1. The van der Waals surface area contributed by atoms with Gasteiger partial charge in [-0.2, -0.15) is 5.10 Å². The fourth-order valence-electron chi connectivity index (χ4n) is 2.02. The summed E-state index contributed by atoms with van der Waals surface area (Å²) in [6.07, 6.45) is 3.14. The standard InChI is InChI=1S/C13H22N4O/c1-2-3-11-4-5-13(17-16-11)15-7-6-12-10-18-9-8-14-12/h4-5,12,14H,2-3,6-10H2,1H3,(H,15,17). The normalized spacial score (nSPS) is 19.7. The molecular formula is C13H22N4O. The van der Waals surface area contributed by atoms with E-state index < -0.39 is 0 Å². The smallest absolute Gasteiger partial charge is 0.148 e. The maximum atomic E-state index is 5.41. The Labute approximate surface area is 108 Å². The Morgan fingerprint density at radius 1 is 1.44 bits per heavy atom. The van der Waals surface area contributed by atoms with Crippen LogP contribution < -0.4 is 10.6 Å². The summed E-state index contributed by atoms with van der Waals surface area (Å²) in [4.78, 5) is 0. The number of rotatable bonds is 6. The van der Waals surface area contributed by atoms with Crippen molar-refractivity contribution >= 4 is 5.82 Å². The summed E-state index contributed by atoms with van der Waals surface area (Å²) >= 11 is 0. The van der Waals surface area contributed by atoms with Crippen LogP contribution in [0.5, 0.6) is 0 Å². The molecular weight excluding hydrogens is 228 g/mol. The van der Waals surface area contributed by atoms with Gasteiger partial charge in [-0.15, -0.1) is 5.10 Å². The average Bonchev–Trinajstić information content (AvgIpc) is 2.42. The van der Waals surface area contributed by atoms with Crippen LogP contribution in [0, 0.1) is 0 Å². The predicted octanol–water partition coefficient (Wildman–Crippen LogP) is 1.22. The molecule has 1 aromatic rings. The minimum absolute atomic E-state index is 0.457. The first-order chi connectivity index (χ1) is 8.88. The Morgan fingerprint density at radius 3 is 3.06 bits per heavy atom. The first-order valence-corrected chi connectivity index (χ1v) is 6.76. The molecule has 1 aromatic heterocycles. The van der Waals surface area contributed by atoms with Gasteiger partial charge in [0.05, 0.1) is 18.9 Å². The zero-order valence-corrected chi connectivity index (χ0v) is 11.0. The summed E-state index contributed by atoms with van der Waals surface area (Å²) in [5, 5.41) is 15.1. The number of nitrogens with zero attached hydrogens (tertiary/aromatic N) is 2. The van der Waals surface area contributed by atoms with Gasteiger partial charge in [0, 0.05) is 19.1 Å². The lowest BCUT2D eigenvalue weighted by Gasteiger charge is -2.23. The monoisotopic (exact) mass is 250 g/mol. The lowest BCUT2D eigenvalue weighted by atomic mass is 10.2. The predicted molar refractivity (Wildman–Crippen MR) is 71.7 cm³/mol. The maximum Gasteiger partial charge on any atom is 0.148 e. The second-order valence-corrected chi connectivity index (χ2v) is 4.60. The molecule has 5 nitrogen and oxygen atoms in total. The van der Waals surface area contributed by atoms with Gasteiger partial charge in [-0.3, -0.25) is 0 Å². The molecule has 0 saturated carbocycles. The summed E-state index contributed by atoms with van der Waals surface area (Å²) in [5.41, 5.74) is 1.06. The van der Waals surface area contributed by atoms with Crippen molar-refractivity contribution in [3.8, 4) is 0 Å². The third-order valence-corrected chi connectivity index (χ3v) is 3.02. The topological polar surface area (TPSA) is 59.1 Å². The Hall–Kier alpha value is -1.20. The minimum atomic E-state index is 0.457. The molecule has 2 N–H and O–H groups in total. The van der Waals surface area contributed by atoms with Gasteiger partial charge in [0.1, 0.15) is 5.82 Å². The number of hydrogen-bond donors (Lipinski definition) is 2. The van der Waals surface area contributed by atoms with Gasteiger partial charge < -0.3 is 15.4 Å². The van der Waals surface area contributed by atoms with E-state index in [2.05, 4.69) is 27.8 Å². The molecule has 100 valence electrons. The quantitative estimate of drug-likeness (QED) is 0.795. The summed E-state index contributed by atoms with van der Waals surface area (Å²) in [6.45, 7) is 5.63. The number of aromatic nitrogens is 2. The minimum Gasteiger partial charge on any atom is -0.379 e. The molecule has 0 bridgehead atoms. The average molecular weight is 250 g/mol. The van der Waals surface area contributed by atoms with E-state index in [-0.39, 0.29) is 0 Å². The Bertz CT molecular complexity index is 335. The Balaban J connectivity index is 1.69. The van der Waals surface area contributed by atoms with Crippen LogP contribution in [0.3, 0.4) is 0 Å². The fraction of sp³-hybridized carbons (Fsp3) is 0.692. The zero-order valence-electron chi connectivity index (χ0n) is 11.0. The molecule has 1 saturated heterocycles. The van der Waals surface area contributed by atoms with E-state index in [1.54, 1.807) is 0 Å². The van der Waals surface area contributed by atoms with E-state index in [1.807, 2.05) is 12.1 Å². The van der Waals surface area contributed by atoms with Crippen LogP contribution in [0.15, 0.2) is 12.1 Å². The van der Waals surface area contributed by atoms with Gasteiger partial charge in [-0.1, -0.05) is 13.3 Å². The highest BCUT2D eigenvalue weighted by atomic mass is 16.5. The van der Waals surface area contributed by atoms with Crippen molar-refractivity contribution in [2.75, 3.05) is 31.6 Å². The molecule has 0 radical (unpaired) electrons. The van der Waals surface area contributed by atoms with Crippen molar-refractivity contribution in [1.29, 1.82) is 0 Å². The molecule has 1 aliphatic rings. The van der Waals surface area contributed by atoms with E-state index in [1.165, 1.54) is 0 Å². The van der Waals surface area contributed by atoms with Crippen molar-refractivity contribution in [2.45, 2.75) is 32.2 Å². The summed E-state index contributed by atoms with van der Waals surface area (Å²) in [7, 11) is 0. The van der Waals surface area contributed by atoms with Gasteiger partial charge in [-0.05, 0) is 25.0 Å². The first-order valence-electron chi connectivity index (χ1n) is 6.76. The molecule has 2 rings (SSSR count). The fourth-order valence-corrected chi connectivity index (χ4v) is 2.02. The maximum absolute atomic E-state index is 5.41. The Morgan fingerprint density at radius 2 is 2.39 bits per heavy atom. The molecule has 0 spiro atoms. The highest BCUT2D eigenvalue weighted by Crippen LogP contribution is 2.05. The zero-order chi connectivity index (χ0) is 12.6. The summed E-state index contributed by atoms with van der Waals surface area (Å²) in [5.74, 6) is 0.853. The molecule has 0 amide bonds. The van der Waals surface area contributed by atoms with Crippen molar-refractivity contribution in [3.05, 3.63) is 17.8 Å². The van der Waals surface area contributed by atoms with Crippen molar-refractivity contribution in [2.24, 2.45) is 0 Å². The Kier molecular flexibility index (Phi) is 5.36. The van der Waals surface area contributed by atoms with Crippen molar-refractivity contribution < 1.29 is 4.74 Å². The van der Waals surface area contributed by atoms with Gasteiger partial charge in [0.2, 0.25) is 0 Å². The van der Waals surface area contributed by atoms with Crippen LogP contribution in [-0.2, 0) is 11.2 Å². The number of hydrogen-bond acceptors (Lipinski definition) is 5. The number of nitrogens with one attached hydrogen (secondary N) is 2. The molecule has 1 atom stereocenters. The van der Waals surface area contributed by atoms with Gasteiger partial charge in [-0.25, -0.2) is 0 Å².